The molecule has 228 valence electrons. The van der Waals surface area contributed by atoms with Gasteiger partial charge < -0.3 is 15.4 Å². The molecule has 1 heterocycles. The Hall–Kier alpha value is -5.16. The summed E-state index contributed by atoms with van der Waals surface area (Å²) in [4.78, 5) is 36.0. The summed E-state index contributed by atoms with van der Waals surface area (Å²) in [5.74, 6) is -0.576. The van der Waals surface area contributed by atoms with Crippen molar-refractivity contribution in [2.75, 3.05) is 10.6 Å². The molecule has 44 heavy (non-hydrogen) atoms. The summed E-state index contributed by atoms with van der Waals surface area (Å²) in [5.41, 5.74) is 3.28. The van der Waals surface area contributed by atoms with Gasteiger partial charge in [-0.05, 0) is 79.4 Å². The van der Waals surface area contributed by atoms with Crippen molar-refractivity contribution in [2.24, 2.45) is 0 Å². The molecule has 0 unspecified atom stereocenters. The van der Waals surface area contributed by atoms with Crippen LogP contribution >= 0.6 is 0 Å². The number of hydrogen-bond acceptors (Lipinski definition) is 6. The number of aromatic nitrogens is 1. The van der Waals surface area contributed by atoms with Gasteiger partial charge in [-0.1, -0.05) is 48.5 Å². The number of nitrogens with zero attached hydrogens (tertiary/aromatic N) is 1. The predicted molar refractivity (Wildman–Crippen MR) is 170 cm³/mol. The van der Waals surface area contributed by atoms with Gasteiger partial charge in [-0.25, -0.2) is 17.2 Å². The maximum Gasteiger partial charge on any atom is 0.412 e. The number of ether oxygens (including phenoxy) is 1. The van der Waals surface area contributed by atoms with Crippen LogP contribution in [0.1, 0.15) is 38.8 Å². The molecule has 0 bridgehead atoms. The Labute approximate surface area is 256 Å². The van der Waals surface area contributed by atoms with E-state index in [1.165, 1.54) is 31.5 Å². The van der Waals surface area contributed by atoms with Crippen molar-refractivity contribution in [3.8, 4) is 11.1 Å². The van der Waals surface area contributed by atoms with E-state index in [9.17, 15) is 22.8 Å². The van der Waals surface area contributed by atoms with Gasteiger partial charge in [0.2, 0.25) is 11.8 Å². The molecule has 4 aromatic rings. The maximum atomic E-state index is 13.2. The molecule has 11 heteroatoms. The fourth-order valence-electron chi connectivity index (χ4n) is 4.08. The lowest BCUT2D eigenvalue weighted by atomic mass is 10.0. The minimum absolute atomic E-state index is 0.102. The summed E-state index contributed by atoms with van der Waals surface area (Å²) in [5, 5.41) is 8.08. The van der Waals surface area contributed by atoms with Crippen LogP contribution in [0.3, 0.4) is 0 Å². The second-order valence-electron chi connectivity index (χ2n) is 10.9. The van der Waals surface area contributed by atoms with Crippen LogP contribution in [0, 0.1) is 0 Å². The van der Waals surface area contributed by atoms with E-state index in [2.05, 4.69) is 16.0 Å². The van der Waals surface area contributed by atoms with Crippen molar-refractivity contribution in [3.63, 3.8) is 0 Å². The summed E-state index contributed by atoms with van der Waals surface area (Å²) in [7, 11) is -3.87. The number of nitrogens with one attached hydrogen (secondary N) is 3. The quantitative estimate of drug-likeness (QED) is 0.197. The van der Waals surface area contributed by atoms with Gasteiger partial charge >= 0.3 is 6.09 Å². The van der Waals surface area contributed by atoms with E-state index in [-0.39, 0.29) is 10.8 Å². The molecule has 0 saturated carbocycles. The summed E-state index contributed by atoms with van der Waals surface area (Å²) in [6.07, 6.45) is 4.94. The Balaban J connectivity index is 1.40. The van der Waals surface area contributed by atoms with Gasteiger partial charge in [-0.15, -0.1) is 0 Å². The molecule has 0 atom stereocenters. The van der Waals surface area contributed by atoms with Gasteiger partial charge in [0, 0.05) is 31.9 Å². The summed E-state index contributed by atoms with van der Waals surface area (Å²) >= 11 is 0. The van der Waals surface area contributed by atoms with Crippen LogP contribution in [0.4, 0.5) is 16.2 Å². The molecule has 0 saturated heterocycles. The van der Waals surface area contributed by atoms with Crippen molar-refractivity contribution >= 4 is 45.4 Å². The fourth-order valence-corrected chi connectivity index (χ4v) is 5.29. The van der Waals surface area contributed by atoms with Crippen molar-refractivity contribution in [1.82, 2.24) is 9.29 Å². The maximum absolute atomic E-state index is 13.2. The average Bonchev–Trinajstić information content (AvgIpc) is 3.46. The van der Waals surface area contributed by atoms with Crippen molar-refractivity contribution in [3.05, 3.63) is 108 Å². The van der Waals surface area contributed by atoms with Gasteiger partial charge in [0.25, 0.3) is 10.0 Å². The first-order valence-electron chi connectivity index (χ1n) is 13.8. The molecule has 1 aromatic heterocycles. The SMILES string of the molecule is CC(=O)NCc1ccc(-c2ccc(S(=O)(=O)n3ccc(C=CC(=O)Nc4ccccc4NC(=O)OC(C)(C)C)c3)cc2)cc1. The first kappa shape index (κ1) is 31.8. The summed E-state index contributed by atoms with van der Waals surface area (Å²) in [6.45, 7) is 7.15. The lowest BCUT2D eigenvalue weighted by Gasteiger charge is -2.20. The first-order valence-corrected chi connectivity index (χ1v) is 15.2. The number of anilines is 2. The molecule has 0 fully saturated rings. The molecular formula is C33H34N4O6S. The largest absolute Gasteiger partial charge is 0.444 e. The van der Waals surface area contributed by atoms with Crippen LogP contribution in [0.25, 0.3) is 17.2 Å². The number of carbonyl (C=O) groups excluding carboxylic acids is 3. The smallest absolute Gasteiger partial charge is 0.412 e. The highest BCUT2D eigenvalue weighted by atomic mass is 32.2. The third-order valence-corrected chi connectivity index (χ3v) is 7.85. The van der Waals surface area contributed by atoms with Crippen LogP contribution in [-0.4, -0.2) is 35.9 Å². The zero-order valence-corrected chi connectivity index (χ0v) is 25.6. The van der Waals surface area contributed by atoms with E-state index < -0.39 is 27.6 Å². The van der Waals surface area contributed by atoms with Gasteiger partial charge in [0.1, 0.15) is 5.60 Å². The zero-order chi connectivity index (χ0) is 31.9. The number of benzene rings is 3. The number of para-hydroxylation sites is 2. The molecule has 3 amide bonds. The van der Waals surface area contributed by atoms with E-state index in [0.29, 0.717) is 23.5 Å². The minimum Gasteiger partial charge on any atom is -0.444 e. The second-order valence-corrected chi connectivity index (χ2v) is 12.7. The Morgan fingerprint density at radius 1 is 0.841 bits per heavy atom. The van der Waals surface area contributed by atoms with Crippen LogP contribution in [0.2, 0.25) is 0 Å². The lowest BCUT2D eigenvalue weighted by Crippen LogP contribution is -2.27. The average molecular weight is 615 g/mol. The monoisotopic (exact) mass is 614 g/mol. The topological polar surface area (TPSA) is 136 Å². The van der Waals surface area contributed by atoms with Crippen molar-refractivity contribution in [2.45, 2.75) is 44.7 Å². The Morgan fingerprint density at radius 3 is 2.02 bits per heavy atom. The molecule has 4 rings (SSSR count). The third kappa shape index (κ3) is 8.68. The second kappa shape index (κ2) is 13.4. The normalized spacial score (nSPS) is 11.6. The Morgan fingerprint density at radius 2 is 1.43 bits per heavy atom. The third-order valence-electron chi connectivity index (χ3n) is 6.20. The van der Waals surface area contributed by atoms with Crippen LogP contribution in [0.15, 0.2) is 102 Å². The highest BCUT2D eigenvalue weighted by Crippen LogP contribution is 2.24. The number of amides is 3. The van der Waals surface area contributed by atoms with E-state index in [0.717, 1.165) is 20.7 Å². The van der Waals surface area contributed by atoms with E-state index in [1.54, 1.807) is 75.4 Å². The molecule has 0 aliphatic heterocycles. The van der Waals surface area contributed by atoms with E-state index in [1.807, 2.05) is 24.3 Å². The van der Waals surface area contributed by atoms with Gasteiger partial charge in [0.15, 0.2) is 0 Å². The highest BCUT2D eigenvalue weighted by molar-refractivity contribution is 7.90. The van der Waals surface area contributed by atoms with Crippen molar-refractivity contribution in [1.29, 1.82) is 0 Å². The van der Waals surface area contributed by atoms with E-state index in [4.69, 9.17) is 4.74 Å². The summed E-state index contributed by atoms with van der Waals surface area (Å²) < 4.78 is 32.8. The molecule has 0 aliphatic carbocycles. The molecule has 0 radical (unpaired) electrons. The Kier molecular flexibility index (Phi) is 9.70. The highest BCUT2D eigenvalue weighted by Gasteiger charge is 2.18. The molecule has 10 nitrogen and oxygen atoms in total. The van der Waals surface area contributed by atoms with Gasteiger partial charge in [0.05, 0.1) is 16.3 Å². The molecule has 3 aromatic carbocycles. The molecule has 3 N–H and O–H groups in total. The standard InChI is InChI=1S/C33H34N4O6S/c1-23(38)34-21-24-9-12-26(13-10-24)27-14-16-28(17-15-27)44(41,42)37-20-19-25(22-37)11-18-31(39)35-29-7-5-6-8-30(29)36-32(40)43-33(2,3)4/h5-20,22H,21H2,1-4H3,(H,34,38)(H,35,39)(H,36,40). The minimum atomic E-state index is -3.87. The number of hydrogen-bond donors (Lipinski definition) is 3. The Bertz CT molecular complexity index is 1780. The van der Waals surface area contributed by atoms with Gasteiger partial charge in [-0.2, -0.15) is 0 Å². The van der Waals surface area contributed by atoms with Crippen LogP contribution in [0.5, 0.6) is 0 Å². The molecule has 0 aliphatic rings. The fraction of sp³-hybridized carbons (Fsp3) is 0.182. The molecular weight excluding hydrogens is 580 g/mol. The van der Waals surface area contributed by atoms with E-state index >= 15 is 0 Å². The van der Waals surface area contributed by atoms with Crippen LogP contribution < -0.4 is 16.0 Å². The first-order chi connectivity index (χ1) is 20.8. The molecule has 0 spiro atoms. The van der Waals surface area contributed by atoms with Crippen molar-refractivity contribution < 1.29 is 27.5 Å². The predicted octanol–water partition coefficient (Wildman–Crippen LogP) is 6.03. The van der Waals surface area contributed by atoms with Gasteiger partial charge in [-0.3, -0.25) is 14.9 Å². The zero-order valence-electron chi connectivity index (χ0n) is 24.8. The lowest BCUT2D eigenvalue weighted by molar-refractivity contribution is -0.119. The number of rotatable bonds is 9. The van der Waals surface area contributed by atoms with Crippen LogP contribution in [-0.2, 0) is 30.9 Å². The summed E-state index contributed by atoms with van der Waals surface area (Å²) in [6, 6.07) is 22.5. The number of carbonyl (C=O) groups is 3.